The number of carbonyl (C=O) groups excluding carboxylic acids is 1. The maximum absolute atomic E-state index is 11.8. The van der Waals surface area contributed by atoms with Crippen LogP contribution in [0.5, 0.6) is 0 Å². The van der Waals surface area contributed by atoms with Crippen molar-refractivity contribution in [1.29, 1.82) is 0 Å². The Balaban J connectivity index is 2.42. The number of amides is 1. The molecule has 5 heteroatoms. The zero-order chi connectivity index (χ0) is 13.9. The number of nitrogens with two attached hydrogens (primary N) is 1. The minimum atomic E-state index is -1.06. The van der Waals surface area contributed by atoms with Gasteiger partial charge in [0.25, 0.3) is 0 Å². The average Bonchev–Trinajstić information content (AvgIpc) is 2.42. The van der Waals surface area contributed by atoms with E-state index in [0.29, 0.717) is 5.69 Å². The summed E-state index contributed by atoms with van der Waals surface area (Å²) in [6, 6.07) is 12.9. The fourth-order valence-electron chi connectivity index (χ4n) is 1.74. The molecule has 0 spiro atoms. The number of primary amides is 1. The number of pyridine rings is 1. The van der Waals surface area contributed by atoms with Gasteiger partial charge in [0.2, 0.25) is 5.91 Å². The van der Waals surface area contributed by atoms with Crippen LogP contribution in [0.15, 0.2) is 53.1 Å². The van der Waals surface area contributed by atoms with Crippen LogP contribution in [-0.4, -0.2) is 10.9 Å². The normalized spacial score (nSPS) is 13.6. The number of halogens is 1. The summed E-state index contributed by atoms with van der Waals surface area (Å²) < 4.78 is 0.860. The van der Waals surface area contributed by atoms with Crippen molar-refractivity contribution in [2.24, 2.45) is 5.73 Å². The van der Waals surface area contributed by atoms with Crippen molar-refractivity contribution in [2.75, 3.05) is 5.32 Å². The number of hydrogen-bond acceptors (Lipinski definition) is 3. The molecule has 1 heterocycles. The van der Waals surface area contributed by atoms with Gasteiger partial charge in [-0.2, -0.15) is 0 Å². The van der Waals surface area contributed by atoms with E-state index in [2.05, 4.69) is 26.2 Å². The van der Waals surface area contributed by atoms with Gasteiger partial charge in [0.15, 0.2) is 5.54 Å². The summed E-state index contributed by atoms with van der Waals surface area (Å²) in [7, 11) is 0. The quantitative estimate of drug-likeness (QED) is 0.910. The van der Waals surface area contributed by atoms with E-state index in [0.717, 1.165) is 10.2 Å². The fourth-order valence-corrected chi connectivity index (χ4v) is 2.13. The Morgan fingerprint density at radius 3 is 2.53 bits per heavy atom. The number of carbonyl (C=O) groups is 1. The monoisotopic (exact) mass is 319 g/mol. The van der Waals surface area contributed by atoms with E-state index in [1.54, 1.807) is 25.3 Å². The second-order valence-electron chi connectivity index (χ2n) is 4.31. The number of anilines is 1. The van der Waals surface area contributed by atoms with Gasteiger partial charge < -0.3 is 11.1 Å². The van der Waals surface area contributed by atoms with Crippen LogP contribution in [0, 0.1) is 0 Å². The highest BCUT2D eigenvalue weighted by molar-refractivity contribution is 9.10. The standard InChI is InChI=1S/C14H14BrN3O/c1-14(13(16)19,12-8-4-5-9-17-12)18-11-7-3-2-6-10(11)15/h2-9,18H,1H3,(H2,16,19). The summed E-state index contributed by atoms with van der Waals surface area (Å²) in [4.78, 5) is 16.1. The molecule has 0 aliphatic carbocycles. The van der Waals surface area contributed by atoms with Crippen molar-refractivity contribution in [3.05, 3.63) is 58.8 Å². The molecular formula is C14H14BrN3O. The first-order valence-electron chi connectivity index (χ1n) is 5.78. The van der Waals surface area contributed by atoms with Crippen molar-refractivity contribution < 1.29 is 4.79 Å². The number of aromatic nitrogens is 1. The molecule has 2 rings (SSSR count). The summed E-state index contributed by atoms with van der Waals surface area (Å²) in [5.74, 6) is -0.484. The Kier molecular flexibility index (Phi) is 3.85. The Hall–Kier alpha value is -1.88. The molecule has 1 atom stereocenters. The van der Waals surface area contributed by atoms with E-state index in [-0.39, 0.29) is 0 Å². The molecule has 0 aliphatic rings. The SMILES string of the molecule is CC(Nc1ccccc1Br)(C(N)=O)c1ccccn1. The molecule has 98 valence electrons. The van der Waals surface area contributed by atoms with Crippen LogP contribution < -0.4 is 11.1 Å². The van der Waals surface area contributed by atoms with Gasteiger partial charge in [0.1, 0.15) is 0 Å². The van der Waals surface area contributed by atoms with Gasteiger partial charge in [-0.15, -0.1) is 0 Å². The third-order valence-electron chi connectivity index (χ3n) is 2.93. The molecule has 0 bridgehead atoms. The lowest BCUT2D eigenvalue weighted by Crippen LogP contribution is -2.45. The summed E-state index contributed by atoms with van der Waals surface area (Å²) in [6.45, 7) is 1.72. The van der Waals surface area contributed by atoms with Crippen LogP contribution in [0.25, 0.3) is 0 Å². The Labute approximate surface area is 120 Å². The smallest absolute Gasteiger partial charge is 0.249 e. The molecule has 19 heavy (non-hydrogen) atoms. The first-order chi connectivity index (χ1) is 9.04. The minimum absolute atomic E-state index is 0.484. The highest BCUT2D eigenvalue weighted by Crippen LogP contribution is 2.29. The first kappa shape index (κ1) is 13.5. The van der Waals surface area contributed by atoms with Crippen LogP contribution in [0.4, 0.5) is 5.69 Å². The maximum atomic E-state index is 11.8. The highest BCUT2D eigenvalue weighted by Gasteiger charge is 2.34. The van der Waals surface area contributed by atoms with Gasteiger partial charge in [-0.05, 0) is 47.1 Å². The number of nitrogens with one attached hydrogen (secondary N) is 1. The summed E-state index contributed by atoms with van der Waals surface area (Å²) in [6.07, 6.45) is 1.64. The number of benzene rings is 1. The Morgan fingerprint density at radius 1 is 1.26 bits per heavy atom. The second kappa shape index (κ2) is 5.40. The Bertz CT molecular complexity index is 588. The topological polar surface area (TPSA) is 68.0 Å². The highest BCUT2D eigenvalue weighted by atomic mass is 79.9. The average molecular weight is 320 g/mol. The molecule has 1 aromatic heterocycles. The number of rotatable bonds is 4. The van der Waals surface area contributed by atoms with Gasteiger partial charge in [-0.1, -0.05) is 18.2 Å². The van der Waals surface area contributed by atoms with E-state index in [9.17, 15) is 4.79 Å². The van der Waals surface area contributed by atoms with Crippen LogP contribution in [0.2, 0.25) is 0 Å². The molecule has 0 saturated carbocycles. The second-order valence-corrected chi connectivity index (χ2v) is 5.16. The molecule has 2 aromatic rings. The molecule has 0 radical (unpaired) electrons. The molecule has 3 N–H and O–H groups in total. The van der Waals surface area contributed by atoms with E-state index in [4.69, 9.17) is 5.73 Å². The molecule has 1 amide bonds. The third-order valence-corrected chi connectivity index (χ3v) is 3.62. The van der Waals surface area contributed by atoms with Crippen molar-refractivity contribution in [3.63, 3.8) is 0 Å². The first-order valence-corrected chi connectivity index (χ1v) is 6.57. The van der Waals surface area contributed by atoms with Crippen LogP contribution >= 0.6 is 15.9 Å². The van der Waals surface area contributed by atoms with Crippen LogP contribution in [0.3, 0.4) is 0 Å². The van der Waals surface area contributed by atoms with Crippen molar-refractivity contribution in [1.82, 2.24) is 4.98 Å². The molecule has 0 aliphatic heterocycles. The van der Waals surface area contributed by atoms with Gasteiger partial charge in [-0.25, -0.2) is 0 Å². The molecule has 1 unspecified atom stereocenters. The van der Waals surface area contributed by atoms with Gasteiger partial charge >= 0.3 is 0 Å². The van der Waals surface area contributed by atoms with Crippen molar-refractivity contribution in [2.45, 2.75) is 12.5 Å². The third kappa shape index (κ3) is 2.76. The minimum Gasteiger partial charge on any atom is -0.367 e. The van der Waals surface area contributed by atoms with Gasteiger partial charge in [0.05, 0.1) is 5.69 Å². The predicted molar refractivity (Wildman–Crippen MR) is 78.5 cm³/mol. The molecule has 0 fully saturated rings. The van der Waals surface area contributed by atoms with E-state index < -0.39 is 11.4 Å². The number of nitrogens with zero attached hydrogens (tertiary/aromatic N) is 1. The predicted octanol–water partition coefficient (Wildman–Crippen LogP) is 2.66. The summed E-state index contributed by atoms with van der Waals surface area (Å²) in [5, 5.41) is 3.16. The summed E-state index contributed by atoms with van der Waals surface area (Å²) in [5.41, 5.74) is 5.85. The zero-order valence-corrected chi connectivity index (χ0v) is 12.0. The number of hydrogen-bond donors (Lipinski definition) is 2. The van der Waals surface area contributed by atoms with Crippen molar-refractivity contribution >= 4 is 27.5 Å². The van der Waals surface area contributed by atoms with Crippen LogP contribution in [-0.2, 0) is 10.3 Å². The van der Waals surface area contributed by atoms with Gasteiger partial charge in [-0.3, -0.25) is 9.78 Å². The fraction of sp³-hybridized carbons (Fsp3) is 0.143. The largest absolute Gasteiger partial charge is 0.367 e. The maximum Gasteiger partial charge on any atom is 0.249 e. The lowest BCUT2D eigenvalue weighted by Gasteiger charge is -2.28. The van der Waals surface area contributed by atoms with Crippen molar-refractivity contribution in [3.8, 4) is 0 Å². The van der Waals surface area contributed by atoms with Crippen LogP contribution in [0.1, 0.15) is 12.6 Å². The molecule has 0 saturated heterocycles. The molecule has 4 nitrogen and oxygen atoms in total. The molecular weight excluding hydrogens is 306 g/mol. The van der Waals surface area contributed by atoms with Gasteiger partial charge in [0, 0.05) is 16.4 Å². The van der Waals surface area contributed by atoms with E-state index in [1.807, 2.05) is 30.3 Å². The Morgan fingerprint density at radius 2 is 1.95 bits per heavy atom. The summed E-state index contributed by atoms with van der Waals surface area (Å²) >= 11 is 3.44. The van der Waals surface area contributed by atoms with E-state index in [1.165, 1.54) is 0 Å². The zero-order valence-electron chi connectivity index (χ0n) is 10.4. The molecule has 1 aromatic carbocycles. The lowest BCUT2D eigenvalue weighted by molar-refractivity contribution is -0.122. The lowest BCUT2D eigenvalue weighted by atomic mass is 9.95. The van der Waals surface area contributed by atoms with E-state index >= 15 is 0 Å². The number of para-hydroxylation sites is 1.